The molecule has 0 bridgehead atoms. The monoisotopic (exact) mass is 420 g/mol. The molecule has 3 N–H and O–H groups in total. The Kier molecular flexibility index (Phi) is 6.74. The van der Waals surface area contributed by atoms with E-state index >= 15 is 0 Å². The topological polar surface area (TPSA) is 108 Å². The Labute approximate surface area is 158 Å². The van der Waals surface area contributed by atoms with Crippen LogP contribution in [0, 0.1) is 0 Å². The Morgan fingerprint density at radius 3 is 2.42 bits per heavy atom. The molecule has 2 rings (SSSR count). The lowest BCUT2D eigenvalue weighted by atomic mass is 10.1. The van der Waals surface area contributed by atoms with Crippen molar-refractivity contribution in [1.29, 1.82) is 0 Å². The van der Waals surface area contributed by atoms with Crippen molar-refractivity contribution in [3.63, 3.8) is 0 Å². The normalized spacial score (nSPS) is 10.1. The zero-order valence-corrected chi connectivity index (χ0v) is 15.5. The predicted molar refractivity (Wildman–Crippen MR) is 98.5 cm³/mol. The Balaban J connectivity index is 1.82. The summed E-state index contributed by atoms with van der Waals surface area (Å²) >= 11 is 3.24. The number of nitrogen functional groups attached to an aromatic ring is 1. The SMILES string of the molecule is COC(=O)c1ccc(CNC(=O)COC(=O)c2cc(Br)ccc2N)cc1. The minimum atomic E-state index is -0.679. The first-order valence-electron chi connectivity index (χ1n) is 7.57. The van der Waals surface area contributed by atoms with E-state index < -0.39 is 24.5 Å². The third kappa shape index (κ3) is 5.32. The standard InChI is InChI=1S/C18H17BrN2O5/c1-25-17(23)12-4-2-11(3-5-12)9-21-16(22)10-26-18(24)14-8-13(19)6-7-15(14)20/h2-8H,9-10,20H2,1H3,(H,21,22). The number of methoxy groups -OCH3 is 1. The third-order valence-corrected chi connectivity index (χ3v) is 3.93. The Morgan fingerprint density at radius 1 is 1.08 bits per heavy atom. The number of nitrogens with two attached hydrogens (primary N) is 1. The van der Waals surface area contributed by atoms with Crippen molar-refractivity contribution in [3.8, 4) is 0 Å². The lowest BCUT2D eigenvalue weighted by Gasteiger charge is -2.09. The molecule has 2 aromatic carbocycles. The first kappa shape index (κ1) is 19.5. The number of carbonyl (C=O) groups excluding carboxylic acids is 3. The summed E-state index contributed by atoms with van der Waals surface area (Å²) in [5.41, 5.74) is 7.38. The van der Waals surface area contributed by atoms with E-state index in [9.17, 15) is 14.4 Å². The summed E-state index contributed by atoms with van der Waals surface area (Å²) in [6.07, 6.45) is 0. The van der Waals surface area contributed by atoms with E-state index in [1.54, 1.807) is 36.4 Å². The lowest BCUT2D eigenvalue weighted by Crippen LogP contribution is -2.28. The summed E-state index contributed by atoms with van der Waals surface area (Å²) in [5.74, 6) is -1.57. The summed E-state index contributed by atoms with van der Waals surface area (Å²) in [5, 5.41) is 2.62. The molecule has 136 valence electrons. The van der Waals surface area contributed by atoms with Gasteiger partial charge in [0.1, 0.15) is 0 Å². The number of benzene rings is 2. The van der Waals surface area contributed by atoms with Gasteiger partial charge in [0.05, 0.1) is 18.2 Å². The Bertz CT molecular complexity index is 821. The Hall–Kier alpha value is -2.87. The minimum absolute atomic E-state index is 0.186. The third-order valence-electron chi connectivity index (χ3n) is 3.43. The smallest absolute Gasteiger partial charge is 0.340 e. The van der Waals surface area contributed by atoms with Crippen molar-refractivity contribution >= 4 is 39.5 Å². The van der Waals surface area contributed by atoms with Crippen LogP contribution in [0.2, 0.25) is 0 Å². The highest BCUT2D eigenvalue weighted by atomic mass is 79.9. The first-order valence-corrected chi connectivity index (χ1v) is 8.36. The molecule has 0 fully saturated rings. The van der Waals surface area contributed by atoms with Gasteiger partial charge in [-0.1, -0.05) is 28.1 Å². The second kappa shape index (κ2) is 9.00. The number of halogens is 1. The van der Waals surface area contributed by atoms with Crippen LogP contribution in [0.25, 0.3) is 0 Å². The number of nitrogens with one attached hydrogen (secondary N) is 1. The number of esters is 2. The van der Waals surface area contributed by atoms with Crippen LogP contribution in [-0.4, -0.2) is 31.6 Å². The predicted octanol–water partition coefficient (Wildman–Crippen LogP) is 2.29. The van der Waals surface area contributed by atoms with E-state index in [-0.39, 0.29) is 17.8 Å². The summed E-state index contributed by atoms with van der Waals surface area (Å²) < 4.78 is 10.3. The van der Waals surface area contributed by atoms with Gasteiger partial charge < -0.3 is 20.5 Å². The van der Waals surface area contributed by atoms with Crippen LogP contribution in [0.5, 0.6) is 0 Å². The van der Waals surface area contributed by atoms with Crippen LogP contribution in [0.3, 0.4) is 0 Å². The largest absolute Gasteiger partial charge is 0.465 e. The maximum Gasteiger partial charge on any atom is 0.340 e. The molecule has 2 aromatic rings. The van der Waals surface area contributed by atoms with Gasteiger partial charge in [0.15, 0.2) is 6.61 Å². The molecule has 7 nitrogen and oxygen atoms in total. The van der Waals surface area contributed by atoms with Crippen molar-refractivity contribution in [2.75, 3.05) is 19.5 Å². The fourth-order valence-electron chi connectivity index (χ4n) is 2.04. The summed E-state index contributed by atoms with van der Waals surface area (Å²) in [7, 11) is 1.31. The van der Waals surface area contributed by atoms with Gasteiger partial charge in [0.2, 0.25) is 0 Å². The molecule has 0 unspecified atom stereocenters. The number of ether oxygens (including phenoxy) is 2. The van der Waals surface area contributed by atoms with Crippen molar-refractivity contribution in [2.45, 2.75) is 6.54 Å². The molecule has 0 heterocycles. The molecule has 8 heteroatoms. The van der Waals surface area contributed by atoms with Crippen LogP contribution in [0.15, 0.2) is 46.9 Å². The quantitative estimate of drug-likeness (QED) is 0.548. The molecule has 26 heavy (non-hydrogen) atoms. The van der Waals surface area contributed by atoms with Gasteiger partial charge in [-0.25, -0.2) is 9.59 Å². The lowest BCUT2D eigenvalue weighted by molar-refractivity contribution is -0.124. The zero-order chi connectivity index (χ0) is 19.1. The number of rotatable bonds is 6. The number of hydrogen-bond acceptors (Lipinski definition) is 6. The fourth-order valence-corrected chi connectivity index (χ4v) is 2.40. The summed E-state index contributed by atoms with van der Waals surface area (Å²) in [6, 6.07) is 11.4. The zero-order valence-electron chi connectivity index (χ0n) is 14.0. The van der Waals surface area contributed by atoms with Crippen LogP contribution >= 0.6 is 15.9 Å². The first-order chi connectivity index (χ1) is 12.4. The highest BCUT2D eigenvalue weighted by Gasteiger charge is 2.14. The van der Waals surface area contributed by atoms with Gasteiger partial charge in [0.25, 0.3) is 5.91 Å². The van der Waals surface area contributed by atoms with E-state index in [0.717, 1.165) is 5.56 Å². The van der Waals surface area contributed by atoms with Crippen LogP contribution in [0.1, 0.15) is 26.3 Å². The van der Waals surface area contributed by atoms with Crippen LogP contribution in [-0.2, 0) is 20.8 Å². The van der Waals surface area contributed by atoms with Gasteiger partial charge >= 0.3 is 11.9 Å². The van der Waals surface area contributed by atoms with Crippen molar-refractivity contribution in [1.82, 2.24) is 5.32 Å². The average Bonchev–Trinajstić information content (AvgIpc) is 2.66. The molecular weight excluding hydrogens is 404 g/mol. The molecule has 1 amide bonds. The maximum absolute atomic E-state index is 12.0. The van der Waals surface area contributed by atoms with E-state index in [1.807, 2.05) is 0 Å². The number of amides is 1. The van der Waals surface area contributed by atoms with Gasteiger partial charge in [-0.15, -0.1) is 0 Å². The van der Waals surface area contributed by atoms with Crippen LogP contribution in [0.4, 0.5) is 5.69 Å². The van der Waals surface area contributed by atoms with Crippen molar-refractivity contribution in [2.24, 2.45) is 0 Å². The molecule has 0 aliphatic heterocycles. The second-order valence-electron chi connectivity index (χ2n) is 5.27. The molecular formula is C18H17BrN2O5. The average molecular weight is 421 g/mol. The maximum atomic E-state index is 12.0. The van der Waals surface area contributed by atoms with Gasteiger partial charge in [-0.05, 0) is 35.9 Å². The fraction of sp³-hybridized carbons (Fsp3) is 0.167. The van der Waals surface area contributed by atoms with Gasteiger partial charge in [-0.2, -0.15) is 0 Å². The van der Waals surface area contributed by atoms with Gasteiger partial charge in [-0.3, -0.25) is 4.79 Å². The summed E-state index contributed by atoms with van der Waals surface area (Å²) in [4.78, 5) is 35.2. The summed E-state index contributed by atoms with van der Waals surface area (Å²) in [6.45, 7) is -0.193. The van der Waals surface area contributed by atoms with E-state index in [0.29, 0.717) is 10.0 Å². The highest BCUT2D eigenvalue weighted by Crippen LogP contribution is 2.19. The Morgan fingerprint density at radius 2 is 1.77 bits per heavy atom. The van der Waals surface area contributed by atoms with Crippen LogP contribution < -0.4 is 11.1 Å². The number of hydrogen-bond donors (Lipinski definition) is 2. The molecule has 0 saturated heterocycles. The second-order valence-corrected chi connectivity index (χ2v) is 6.19. The van der Waals surface area contributed by atoms with Gasteiger partial charge in [0, 0.05) is 16.7 Å². The molecule has 0 aliphatic rings. The number of carbonyl (C=O) groups is 3. The molecule has 0 saturated carbocycles. The number of anilines is 1. The van der Waals surface area contributed by atoms with Crippen molar-refractivity contribution < 1.29 is 23.9 Å². The molecule has 0 aliphatic carbocycles. The molecule has 0 atom stereocenters. The van der Waals surface area contributed by atoms with E-state index in [4.69, 9.17) is 10.5 Å². The van der Waals surface area contributed by atoms with Crippen molar-refractivity contribution in [3.05, 3.63) is 63.6 Å². The van der Waals surface area contributed by atoms with E-state index in [1.165, 1.54) is 13.2 Å². The molecule has 0 spiro atoms. The highest BCUT2D eigenvalue weighted by molar-refractivity contribution is 9.10. The minimum Gasteiger partial charge on any atom is -0.465 e. The van der Waals surface area contributed by atoms with E-state index in [2.05, 4.69) is 26.0 Å². The molecule has 0 radical (unpaired) electrons. The molecule has 0 aromatic heterocycles.